The van der Waals surface area contributed by atoms with Gasteiger partial charge in [-0.25, -0.2) is 0 Å². The van der Waals surface area contributed by atoms with Gasteiger partial charge in [0.25, 0.3) is 0 Å². The molecule has 0 aliphatic carbocycles. The average Bonchev–Trinajstić information content (AvgIpc) is 2.67. The van der Waals surface area contributed by atoms with Gasteiger partial charge in [0.15, 0.2) is 0 Å². The van der Waals surface area contributed by atoms with E-state index in [1.807, 2.05) is 0 Å². The predicted octanol–water partition coefficient (Wildman–Crippen LogP) is -0.738. The molecule has 1 aliphatic rings. The average molecular weight is 204 g/mol. The van der Waals surface area contributed by atoms with Crippen LogP contribution in [0.25, 0.3) is 0 Å². The lowest BCUT2D eigenvalue weighted by molar-refractivity contribution is 0.00800. The van der Waals surface area contributed by atoms with Crippen molar-refractivity contribution in [1.82, 2.24) is 0 Å². The molecule has 0 spiro atoms. The summed E-state index contributed by atoms with van der Waals surface area (Å²) in [5, 5.41) is 19.5. The minimum absolute atomic E-state index is 0.391. The SMILES string of the molecule is NCCCCC1(O)OC1(O)CCCN. The molecule has 0 aromatic heterocycles. The molecular formula is C9H20N2O3. The second-order valence-corrected chi connectivity index (χ2v) is 3.81. The van der Waals surface area contributed by atoms with Crippen molar-refractivity contribution in [3.05, 3.63) is 0 Å². The maximum absolute atomic E-state index is 9.75. The van der Waals surface area contributed by atoms with Crippen molar-refractivity contribution in [1.29, 1.82) is 0 Å². The summed E-state index contributed by atoms with van der Waals surface area (Å²) < 4.78 is 4.96. The van der Waals surface area contributed by atoms with E-state index in [1.54, 1.807) is 0 Å². The molecule has 1 rings (SSSR count). The summed E-state index contributed by atoms with van der Waals surface area (Å²) >= 11 is 0. The number of unbranched alkanes of at least 4 members (excludes halogenated alkanes) is 1. The first-order valence-electron chi connectivity index (χ1n) is 5.13. The third-order valence-electron chi connectivity index (χ3n) is 2.60. The summed E-state index contributed by atoms with van der Waals surface area (Å²) in [4.78, 5) is 0. The van der Waals surface area contributed by atoms with Crippen LogP contribution in [0, 0.1) is 0 Å². The van der Waals surface area contributed by atoms with Crippen molar-refractivity contribution in [3.63, 3.8) is 0 Å². The molecule has 0 amide bonds. The van der Waals surface area contributed by atoms with Crippen LogP contribution < -0.4 is 11.5 Å². The lowest BCUT2D eigenvalue weighted by Gasteiger charge is -2.09. The van der Waals surface area contributed by atoms with Gasteiger partial charge in [-0.15, -0.1) is 0 Å². The first-order valence-corrected chi connectivity index (χ1v) is 5.13. The Morgan fingerprint density at radius 3 is 1.86 bits per heavy atom. The van der Waals surface area contributed by atoms with Crippen LogP contribution in [0.15, 0.2) is 0 Å². The van der Waals surface area contributed by atoms with Gasteiger partial charge in [0, 0.05) is 12.8 Å². The summed E-state index contributed by atoms with van der Waals surface area (Å²) in [6, 6.07) is 0. The Morgan fingerprint density at radius 2 is 1.36 bits per heavy atom. The molecule has 1 fully saturated rings. The molecule has 0 aromatic rings. The molecule has 2 atom stereocenters. The molecule has 6 N–H and O–H groups in total. The second kappa shape index (κ2) is 4.55. The molecule has 1 saturated heterocycles. The number of aliphatic hydroxyl groups is 2. The highest BCUT2D eigenvalue weighted by Gasteiger charge is 2.68. The van der Waals surface area contributed by atoms with Crippen LogP contribution >= 0.6 is 0 Å². The third kappa shape index (κ3) is 2.43. The molecule has 1 heterocycles. The topological polar surface area (TPSA) is 105 Å². The fourth-order valence-electron chi connectivity index (χ4n) is 1.60. The van der Waals surface area contributed by atoms with E-state index in [0.29, 0.717) is 32.4 Å². The quantitative estimate of drug-likeness (QED) is 0.323. The van der Waals surface area contributed by atoms with Gasteiger partial charge in [-0.2, -0.15) is 0 Å². The van der Waals surface area contributed by atoms with Crippen LogP contribution in [-0.4, -0.2) is 34.9 Å². The first-order chi connectivity index (χ1) is 6.58. The first kappa shape index (κ1) is 11.9. The van der Waals surface area contributed by atoms with E-state index in [1.165, 1.54) is 0 Å². The maximum Gasteiger partial charge on any atom is 0.224 e. The molecule has 84 valence electrons. The molecule has 0 aromatic carbocycles. The Bertz CT molecular complexity index is 191. The van der Waals surface area contributed by atoms with Gasteiger partial charge < -0.3 is 26.4 Å². The Morgan fingerprint density at radius 1 is 0.857 bits per heavy atom. The summed E-state index contributed by atoms with van der Waals surface area (Å²) in [5.41, 5.74) is 10.6. The minimum Gasteiger partial charge on any atom is -0.361 e. The Kier molecular flexibility index (Phi) is 3.86. The zero-order valence-corrected chi connectivity index (χ0v) is 8.41. The van der Waals surface area contributed by atoms with E-state index in [9.17, 15) is 10.2 Å². The summed E-state index contributed by atoms with van der Waals surface area (Å²) in [5.74, 6) is -2.71. The van der Waals surface area contributed by atoms with Gasteiger partial charge in [0.2, 0.25) is 11.6 Å². The maximum atomic E-state index is 9.75. The highest BCUT2D eigenvalue weighted by molar-refractivity contribution is 4.99. The largest absolute Gasteiger partial charge is 0.361 e. The fraction of sp³-hybridized carbons (Fsp3) is 1.00. The van der Waals surface area contributed by atoms with Gasteiger partial charge in [0.05, 0.1) is 0 Å². The zero-order valence-electron chi connectivity index (χ0n) is 8.41. The van der Waals surface area contributed by atoms with Crippen LogP contribution in [0.4, 0.5) is 0 Å². The van der Waals surface area contributed by atoms with E-state index in [4.69, 9.17) is 16.2 Å². The van der Waals surface area contributed by atoms with E-state index < -0.39 is 11.6 Å². The van der Waals surface area contributed by atoms with Crippen molar-refractivity contribution in [3.8, 4) is 0 Å². The third-order valence-corrected chi connectivity index (χ3v) is 2.60. The van der Waals surface area contributed by atoms with E-state index in [-0.39, 0.29) is 0 Å². The van der Waals surface area contributed by atoms with Crippen LogP contribution in [0.3, 0.4) is 0 Å². The van der Waals surface area contributed by atoms with Crippen molar-refractivity contribution in [2.75, 3.05) is 13.1 Å². The number of hydrogen-bond donors (Lipinski definition) is 4. The predicted molar refractivity (Wildman–Crippen MR) is 52.2 cm³/mol. The van der Waals surface area contributed by atoms with Crippen LogP contribution in [0.5, 0.6) is 0 Å². The number of nitrogens with two attached hydrogens (primary N) is 2. The Balaban J connectivity index is 2.25. The van der Waals surface area contributed by atoms with Gasteiger partial charge in [-0.1, -0.05) is 0 Å². The lowest BCUT2D eigenvalue weighted by Crippen LogP contribution is -2.26. The van der Waals surface area contributed by atoms with Crippen molar-refractivity contribution < 1.29 is 14.9 Å². The van der Waals surface area contributed by atoms with Gasteiger partial charge >= 0.3 is 0 Å². The van der Waals surface area contributed by atoms with Crippen LogP contribution in [-0.2, 0) is 4.74 Å². The summed E-state index contributed by atoms with van der Waals surface area (Å²) in [7, 11) is 0. The Hall–Kier alpha value is -0.200. The second-order valence-electron chi connectivity index (χ2n) is 3.81. The number of ether oxygens (including phenoxy) is 1. The standard InChI is InChI=1S/C9H20N2O3/c10-6-2-1-4-8(12)9(13,14-8)5-3-7-11/h12-13H,1-7,10-11H2. The number of hydrogen-bond acceptors (Lipinski definition) is 5. The highest BCUT2D eigenvalue weighted by Crippen LogP contribution is 2.49. The highest BCUT2D eigenvalue weighted by atomic mass is 16.8. The van der Waals surface area contributed by atoms with Gasteiger partial charge in [-0.05, 0) is 32.4 Å². The lowest BCUT2D eigenvalue weighted by atomic mass is 10.0. The van der Waals surface area contributed by atoms with Gasteiger partial charge in [-0.3, -0.25) is 0 Å². The smallest absolute Gasteiger partial charge is 0.224 e. The minimum atomic E-state index is -1.36. The van der Waals surface area contributed by atoms with E-state index in [0.717, 1.165) is 12.8 Å². The molecule has 0 saturated carbocycles. The molecular weight excluding hydrogens is 184 g/mol. The summed E-state index contributed by atoms with van der Waals surface area (Å²) in [6.07, 6.45) is 3.07. The molecule has 2 unspecified atom stereocenters. The van der Waals surface area contributed by atoms with E-state index >= 15 is 0 Å². The van der Waals surface area contributed by atoms with Crippen molar-refractivity contribution in [2.45, 2.75) is 43.7 Å². The van der Waals surface area contributed by atoms with Crippen LogP contribution in [0.2, 0.25) is 0 Å². The molecule has 5 nitrogen and oxygen atoms in total. The molecule has 14 heavy (non-hydrogen) atoms. The molecule has 1 aliphatic heterocycles. The summed E-state index contributed by atoms with van der Waals surface area (Å²) in [6.45, 7) is 1.09. The molecule has 0 radical (unpaired) electrons. The zero-order chi connectivity index (χ0) is 10.7. The van der Waals surface area contributed by atoms with Gasteiger partial charge in [0.1, 0.15) is 0 Å². The van der Waals surface area contributed by atoms with Crippen LogP contribution in [0.1, 0.15) is 32.1 Å². The number of rotatable bonds is 7. The normalized spacial score (nSPS) is 36.0. The molecule has 5 heteroatoms. The van der Waals surface area contributed by atoms with E-state index in [2.05, 4.69) is 0 Å². The number of epoxide rings is 1. The Labute approximate surface area is 84.0 Å². The van der Waals surface area contributed by atoms with Crippen molar-refractivity contribution >= 4 is 0 Å². The fourth-order valence-corrected chi connectivity index (χ4v) is 1.60. The monoisotopic (exact) mass is 204 g/mol. The van der Waals surface area contributed by atoms with Crippen molar-refractivity contribution in [2.24, 2.45) is 11.5 Å². The molecule has 0 bridgehead atoms.